The first-order valence-electron chi connectivity index (χ1n) is 16.0. The van der Waals surface area contributed by atoms with Crippen LogP contribution in [0.25, 0.3) is 10.4 Å². The number of urea groups is 1. The Morgan fingerprint density at radius 1 is 1.04 bits per heavy atom. The lowest BCUT2D eigenvalue weighted by Gasteiger charge is -2.32. The lowest BCUT2D eigenvalue weighted by atomic mass is 10.1. The van der Waals surface area contributed by atoms with Crippen molar-refractivity contribution in [3.05, 3.63) is 60.3 Å². The quantitative estimate of drug-likeness (QED) is 0.227. The highest BCUT2D eigenvalue weighted by atomic mass is 32.2. The van der Waals surface area contributed by atoms with Crippen LogP contribution in [0.2, 0.25) is 0 Å². The molecule has 3 heterocycles. The van der Waals surface area contributed by atoms with Gasteiger partial charge >= 0.3 is 12.1 Å². The molecule has 2 fully saturated rings. The summed E-state index contributed by atoms with van der Waals surface area (Å²) in [4.78, 5) is 34.8. The van der Waals surface area contributed by atoms with Crippen molar-refractivity contribution in [2.75, 3.05) is 43.5 Å². The Morgan fingerprint density at radius 2 is 1.77 bits per heavy atom. The molecule has 5 rings (SSSR count). The number of likely N-dealkylation sites (tertiary alicyclic amines) is 1. The van der Waals surface area contributed by atoms with Gasteiger partial charge in [-0.3, -0.25) is 0 Å². The van der Waals surface area contributed by atoms with Crippen LogP contribution in [0.15, 0.2) is 59.6 Å². The molecule has 0 spiro atoms. The van der Waals surface area contributed by atoms with Crippen LogP contribution in [-0.4, -0.2) is 81.3 Å². The molecule has 2 saturated heterocycles. The molecule has 2 aliphatic heterocycles. The Labute approximate surface area is 294 Å². The normalized spacial score (nSPS) is 17.4. The Balaban J connectivity index is 0.00000520. The third-order valence-corrected chi connectivity index (χ3v) is 11.1. The Morgan fingerprint density at radius 3 is 2.44 bits per heavy atom. The molecule has 48 heavy (non-hydrogen) atoms. The predicted molar refractivity (Wildman–Crippen MR) is 196 cm³/mol. The maximum atomic E-state index is 13.6. The number of ether oxygens (including phenoxy) is 1. The number of nitrogens with one attached hydrogen (secondary N) is 4. The summed E-state index contributed by atoms with van der Waals surface area (Å²) in [5, 5.41) is 9.35. The molecule has 1 aromatic heterocycles. The molecule has 0 bridgehead atoms. The van der Waals surface area contributed by atoms with E-state index in [9.17, 15) is 18.0 Å². The second kappa shape index (κ2) is 16.4. The van der Waals surface area contributed by atoms with Crippen LogP contribution in [-0.2, 0) is 21.3 Å². The monoisotopic (exact) mass is 717 g/mol. The number of sulfonamides is 1. The van der Waals surface area contributed by atoms with Gasteiger partial charge in [-0.05, 0) is 77.7 Å². The maximum absolute atomic E-state index is 13.6. The second-order valence-electron chi connectivity index (χ2n) is 13.1. The number of amides is 3. The first-order chi connectivity index (χ1) is 22.4. The molecule has 3 amide bonds. The van der Waals surface area contributed by atoms with Crippen LogP contribution in [0.1, 0.15) is 52.0 Å². The van der Waals surface area contributed by atoms with Crippen LogP contribution in [0.4, 0.5) is 20.4 Å². The zero-order chi connectivity index (χ0) is 33.6. The van der Waals surface area contributed by atoms with E-state index in [0.29, 0.717) is 48.4 Å². The predicted octanol–water partition coefficient (Wildman–Crippen LogP) is 5.11. The van der Waals surface area contributed by atoms with Crippen LogP contribution < -0.4 is 25.6 Å². The molecule has 0 radical (unpaired) electrons. The molecule has 3 aromatic rings. The van der Waals surface area contributed by atoms with Crippen LogP contribution >= 0.6 is 24.8 Å². The number of hydrogen-bond acceptors (Lipinski definition) is 9. The zero-order valence-corrected chi connectivity index (χ0v) is 30.5. The van der Waals surface area contributed by atoms with Crippen molar-refractivity contribution in [2.45, 2.75) is 75.5 Å². The average Bonchev–Trinajstić information content (AvgIpc) is 3.68. The molecule has 15 heteroatoms. The van der Waals surface area contributed by atoms with Crippen molar-refractivity contribution in [3.63, 3.8) is 0 Å². The number of hydrogen-bond donors (Lipinski definition) is 4. The van der Waals surface area contributed by atoms with Gasteiger partial charge in [0.1, 0.15) is 6.61 Å². The van der Waals surface area contributed by atoms with Gasteiger partial charge in [-0.15, -0.1) is 0 Å². The highest BCUT2D eigenvalue weighted by molar-refractivity contribution is 7.89. The summed E-state index contributed by atoms with van der Waals surface area (Å²) in [7, 11) is -1.91. The van der Waals surface area contributed by atoms with Crippen molar-refractivity contribution >= 4 is 57.8 Å². The minimum atomic E-state index is -3.97. The van der Waals surface area contributed by atoms with Crippen molar-refractivity contribution in [2.24, 2.45) is 0 Å². The highest BCUT2D eigenvalue weighted by Gasteiger charge is 2.28. The Kier molecular flexibility index (Phi) is 12.8. The number of rotatable bonds is 10. The zero-order valence-electron chi connectivity index (χ0n) is 27.9. The van der Waals surface area contributed by atoms with E-state index in [-0.39, 0.29) is 30.5 Å². The first kappa shape index (κ1) is 37.4. The summed E-state index contributed by atoms with van der Waals surface area (Å²) in [5.74, 6) is 0. The third kappa shape index (κ3) is 10.3. The molecule has 262 valence electrons. The molecule has 0 saturated carbocycles. The van der Waals surface area contributed by atoms with E-state index in [1.807, 2.05) is 30.3 Å². The van der Waals surface area contributed by atoms with Gasteiger partial charge in [-0.1, -0.05) is 47.7 Å². The second-order valence-corrected chi connectivity index (χ2v) is 15.8. The summed E-state index contributed by atoms with van der Waals surface area (Å²) < 4.78 is 35.5. The lowest BCUT2D eigenvalue weighted by molar-refractivity contribution is 0.111. The smallest absolute Gasteiger partial charge is 0.407 e. The van der Waals surface area contributed by atoms with Crippen molar-refractivity contribution < 1.29 is 22.7 Å². The van der Waals surface area contributed by atoms with Crippen LogP contribution in [0.3, 0.4) is 0 Å². The van der Waals surface area contributed by atoms with Gasteiger partial charge in [-0.25, -0.2) is 27.7 Å². The summed E-state index contributed by atoms with van der Waals surface area (Å²) in [6.45, 7) is 8.50. The van der Waals surface area contributed by atoms with Gasteiger partial charge in [0.15, 0.2) is 5.13 Å². The number of thiazole rings is 1. The molecule has 0 aliphatic carbocycles. The van der Waals surface area contributed by atoms with E-state index < -0.39 is 21.6 Å². The number of alkyl carbamates (subject to hydrolysis) is 1. The standard InChI is InChI=1S/C33H45N7O5S2.H2S/c1-33(2,3)38-47(43,44)29-19-25(36-30(41)34-20-23-9-6-5-7-10-23)12-13-27(29)28-21-35-31(46-28)40-17-14-24(15-18-40)37-32(42)45-22-26-11-8-16-39(26)4;/h5-7,9-10,12-13,19,21,24,26,38H,8,11,14-18,20,22H2,1-4H3,(H,37,42)(H2,34,36,41);1H2/t26-;/m0./s1. The number of anilines is 2. The molecule has 4 N–H and O–H groups in total. The number of carbonyl (C=O) groups is 2. The largest absolute Gasteiger partial charge is 0.448 e. The average molecular weight is 718 g/mol. The Hall–Kier alpha value is -3.37. The number of carbonyl (C=O) groups excluding carboxylic acids is 2. The van der Waals surface area contributed by atoms with Crippen LogP contribution in [0, 0.1) is 0 Å². The van der Waals surface area contributed by atoms with E-state index in [1.54, 1.807) is 39.1 Å². The van der Waals surface area contributed by atoms with Crippen LogP contribution in [0.5, 0.6) is 0 Å². The van der Waals surface area contributed by atoms with Gasteiger partial charge < -0.3 is 30.5 Å². The SMILES string of the molecule is CN1CCC[C@H]1COC(=O)NC1CCN(c2ncc(-c3ccc(NC(=O)NCc4ccccc4)cc3S(=O)(=O)NC(C)(C)C)s2)CC1.S. The molecule has 0 unspecified atom stereocenters. The number of benzene rings is 2. The van der Waals surface area contributed by atoms with E-state index >= 15 is 0 Å². The van der Waals surface area contributed by atoms with Crippen molar-refractivity contribution in [1.82, 2.24) is 25.2 Å². The minimum absolute atomic E-state index is 0. The molecule has 2 aliphatic rings. The molecular formula is C33H47N7O5S3. The Bertz CT molecular complexity index is 1640. The first-order valence-corrected chi connectivity index (χ1v) is 18.3. The van der Waals surface area contributed by atoms with Crippen molar-refractivity contribution in [3.8, 4) is 10.4 Å². The van der Waals surface area contributed by atoms with Gasteiger partial charge in [-0.2, -0.15) is 13.5 Å². The maximum Gasteiger partial charge on any atom is 0.407 e. The van der Waals surface area contributed by atoms with Crippen molar-refractivity contribution in [1.29, 1.82) is 0 Å². The molecule has 12 nitrogen and oxygen atoms in total. The summed E-state index contributed by atoms with van der Waals surface area (Å²) in [5.41, 5.74) is 1.07. The molecular weight excluding hydrogens is 671 g/mol. The summed E-state index contributed by atoms with van der Waals surface area (Å²) in [6, 6.07) is 14.3. The van der Waals surface area contributed by atoms with E-state index in [0.717, 1.165) is 42.9 Å². The topological polar surface area (TPSA) is 145 Å². The van der Waals surface area contributed by atoms with E-state index in [1.165, 1.54) is 17.4 Å². The minimum Gasteiger partial charge on any atom is -0.448 e. The summed E-state index contributed by atoms with van der Waals surface area (Å²) in [6.07, 6.45) is 4.98. The number of nitrogens with zero attached hydrogens (tertiary/aromatic N) is 3. The molecule has 2 aromatic carbocycles. The fraction of sp³-hybridized carbons (Fsp3) is 0.485. The fourth-order valence-electron chi connectivity index (χ4n) is 5.76. The van der Waals surface area contributed by atoms with E-state index in [4.69, 9.17) is 4.74 Å². The third-order valence-electron chi connectivity index (χ3n) is 8.19. The fourth-order valence-corrected chi connectivity index (χ4v) is 8.50. The van der Waals surface area contributed by atoms with Gasteiger partial charge in [0, 0.05) is 54.7 Å². The van der Waals surface area contributed by atoms with Gasteiger partial charge in [0.25, 0.3) is 0 Å². The highest BCUT2D eigenvalue weighted by Crippen LogP contribution is 2.37. The lowest BCUT2D eigenvalue weighted by Crippen LogP contribution is -2.45. The van der Waals surface area contributed by atoms with E-state index in [2.05, 4.69) is 42.5 Å². The van der Waals surface area contributed by atoms with Gasteiger partial charge in [0.05, 0.1) is 9.77 Å². The number of likely N-dealkylation sites (N-methyl/N-ethyl adjacent to an activating group) is 1. The number of aromatic nitrogens is 1. The number of piperidine rings is 1. The van der Waals surface area contributed by atoms with Gasteiger partial charge in [0.2, 0.25) is 10.0 Å². The molecule has 1 atom stereocenters. The summed E-state index contributed by atoms with van der Waals surface area (Å²) >= 11 is 1.41.